The maximum absolute atomic E-state index is 12.4. The van der Waals surface area contributed by atoms with Crippen LogP contribution in [0.2, 0.25) is 0 Å². The second-order valence-corrected chi connectivity index (χ2v) is 8.37. The van der Waals surface area contributed by atoms with Gasteiger partial charge in [-0.15, -0.1) is 10.2 Å². The zero-order valence-electron chi connectivity index (χ0n) is 18.6. The molecule has 7 heteroatoms. The van der Waals surface area contributed by atoms with Gasteiger partial charge in [0.05, 0.1) is 12.9 Å². The number of aryl methyl sites for hydroxylation is 3. The summed E-state index contributed by atoms with van der Waals surface area (Å²) >= 11 is 1.43. The standard InChI is InChI=1S/C24H30N4O2S/c1-5-28-22(11-7-9-19-12-14-20(30-4)15-13-19)26-27-24(28)31-16-23(29)25-21-10-6-8-17(2)18(21)3/h6,8,10,12-15H,5,7,9,11,16H2,1-4H3,(H,25,29). The van der Waals surface area contributed by atoms with Crippen molar-refractivity contribution in [2.24, 2.45) is 0 Å². The van der Waals surface area contributed by atoms with Crippen LogP contribution in [0.25, 0.3) is 0 Å². The Balaban J connectivity index is 1.53. The Bertz CT molecular complexity index is 1010. The summed E-state index contributed by atoms with van der Waals surface area (Å²) < 4.78 is 7.31. The summed E-state index contributed by atoms with van der Waals surface area (Å²) in [5.74, 6) is 2.11. The molecule has 0 saturated carbocycles. The summed E-state index contributed by atoms with van der Waals surface area (Å²) in [6.45, 7) is 6.92. The number of carbonyl (C=O) groups is 1. The molecule has 164 valence electrons. The fourth-order valence-electron chi connectivity index (χ4n) is 3.37. The molecule has 0 radical (unpaired) electrons. The Morgan fingerprint density at radius 3 is 2.58 bits per heavy atom. The molecule has 1 N–H and O–H groups in total. The molecule has 3 rings (SSSR count). The van der Waals surface area contributed by atoms with Gasteiger partial charge in [-0.25, -0.2) is 0 Å². The molecule has 0 aliphatic rings. The van der Waals surface area contributed by atoms with Crippen LogP contribution in [0.3, 0.4) is 0 Å². The lowest BCUT2D eigenvalue weighted by Gasteiger charge is -2.10. The van der Waals surface area contributed by atoms with Crippen LogP contribution in [0.15, 0.2) is 47.6 Å². The molecule has 6 nitrogen and oxygen atoms in total. The third-order valence-corrected chi connectivity index (χ3v) is 6.31. The van der Waals surface area contributed by atoms with Crippen LogP contribution in [0.1, 0.15) is 35.9 Å². The topological polar surface area (TPSA) is 69.0 Å². The Morgan fingerprint density at radius 2 is 1.87 bits per heavy atom. The van der Waals surface area contributed by atoms with Crippen molar-refractivity contribution in [2.75, 3.05) is 18.2 Å². The number of methoxy groups -OCH3 is 1. The molecule has 1 amide bonds. The highest BCUT2D eigenvalue weighted by Crippen LogP contribution is 2.21. The highest BCUT2D eigenvalue weighted by Gasteiger charge is 2.14. The van der Waals surface area contributed by atoms with Gasteiger partial charge in [-0.05, 0) is 68.5 Å². The van der Waals surface area contributed by atoms with Gasteiger partial charge in [-0.3, -0.25) is 4.79 Å². The third-order valence-electron chi connectivity index (χ3n) is 5.35. The number of anilines is 1. The van der Waals surface area contributed by atoms with Gasteiger partial charge in [-0.1, -0.05) is 36.0 Å². The SMILES string of the molecule is CCn1c(CCCc2ccc(OC)cc2)nnc1SCC(=O)Nc1cccc(C)c1C. The van der Waals surface area contributed by atoms with E-state index < -0.39 is 0 Å². The minimum absolute atomic E-state index is 0.0367. The van der Waals surface area contributed by atoms with E-state index in [0.717, 1.165) is 59.4 Å². The van der Waals surface area contributed by atoms with E-state index in [1.807, 2.05) is 44.2 Å². The first-order valence-corrected chi connectivity index (χ1v) is 11.5. The van der Waals surface area contributed by atoms with Gasteiger partial charge in [0.1, 0.15) is 11.6 Å². The van der Waals surface area contributed by atoms with Crippen LogP contribution in [0.4, 0.5) is 5.69 Å². The van der Waals surface area contributed by atoms with Gasteiger partial charge in [0.25, 0.3) is 0 Å². The molecule has 0 bridgehead atoms. The number of ether oxygens (including phenoxy) is 1. The zero-order valence-corrected chi connectivity index (χ0v) is 19.5. The monoisotopic (exact) mass is 438 g/mol. The fourth-order valence-corrected chi connectivity index (χ4v) is 4.20. The highest BCUT2D eigenvalue weighted by atomic mass is 32.2. The normalized spacial score (nSPS) is 10.8. The van der Waals surface area contributed by atoms with E-state index in [4.69, 9.17) is 4.74 Å². The predicted molar refractivity (Wildman–Crippen MR) is 126 cm³/mol. The van der Waals surface area contributed by atoms with Crippen LogP contribution >= 0.6 is 11.8 Å². The molecular formula is C24H30N4O2S. The lowest BCUT2D eigenvalue weighted by atomic mass is 10.1. The number of hydrogen-bond donors (Lipinski definition) is 1. The van der Waals surface area contributed by atoms with Crippen molar-refractivity contribution in [3.05, 3.63) is 65.0 Å². The van der Waals surface area contributed by atoms with Gasteiger partial charge in [-0.2, -0.15) is 0 Å². The van der Waals surface area contributed by atoms with Gasteiger partial charge in [0, 0.05) is 18.7 Å². The number of nitrogens with one attached hydrogen (secondary N) is 1. The summed E-state index contributed by atoms with van der Waals surface area (Å²) in [6.07, 6.45) is 2.81. The van der Waals surface area contributed by atoms with Crippen LogP contribution in [-0.2, 0) is 24.2 Å². The number of amides is 1. The first kappa shape index (κ1) is 22.9. The molecular weight excluding hydrogens is 408 g/mol. The second kappa shape index (κ2) is 11.0. The van der Waals surface area contributed by atoms with Gasteiger partial charge >= 0.3 is 0 Å². The minimum atomic E-state index is -0.0367. The van der Waals surface area contributed by atoms with E-state index in [1.165, 1.54) is 17.3 Å². The minimum Gasteiger partial charge on any atom is -0.497 e. The smallest absolute Gasteiger partial charge is 0.234 e. The average molecular weight is 439 g/mol. The maximum atomic E-state index is 12.4. The maximum Gasteiger partial charge on any atom is 0.234 e. The number of aromatic nitrogens is 3. The van der Waals surface area contributed by atoms with Gasteiger partial charge in [0.2, 0.25) is 5.91 Å². The van der Waals surface area contributed by atoms with E-state index in [-0.39, 0.29) is 5.91 Å². The number of hydrogen-bond acceptors (Lipinski definition) is 5. The van der Waals surface area contributed by atoms with Crippen LogP contribution < -0.4 is 10.1 Å². The van der Waals surface area contributed by atoms with Crippen LogP contribution in [0, 0.1) is 13.8 Å². The molecule has 31 heavy (non-hydrogen) atoms. The Labute approximate surface area is 188 Å². The first-order valence-electron chi connectivity index (χ1n) is 10.6. The molecule has 0 saturated heterocycles. The van der Waals surface area contributed by atoms with Gasteiger partial charge < -0.3 is 14.6 Å². The number of carbonyl (C=O) groups excluding carboxylic acids is 1. The van der Waals surface area contributed by atoms with E-state index in [9.17, 15) is 4.79 Å². The third kappa shape index (κ3) is 6.10. The number of benzene rings is 2. The van der Waals surface area contributed by atoms with Crippen molar-refractivity contribution in [2.45, 2.75) is 51.7 Å². The van der Waals surface area contributed by atoms with Crippen molar-refractivity contribution < 1.29 is 9.53 Å². The molecule has 0 atom stereocenters. The number of rotatable bonds is 10. The second-order valence-electron chi connectivity index (χ2n) is 7.43. The van der Waals surface area contributed by atoms with Crippen molar-refractivity contribution in [3.63, 3.8) is 0 Å². The predicted octanol–water partition coefficient (Wildman–Crippen LogP) is 4.83. The van der Waals surface area contributed by atoms with Crippen molar-refractivity contribution in [1.29, 1.82) is 0 Å². The van der Waals surface area contributed by atoms with Crippen molar-refractivity contribution in [1.82, 2.24) is 14.8 Å². The largest absolute Gasteiger partial charge is 0.497 e. The first-order chi connectivity index (χ1) is 15.0. The van der Waals surface area contributed by atoms with Crippen molar-refractivity contribution >= 4 is 23.4 Å². The van der Waals surface area contributed by atoms with Crippen LogP contribution in [-0.4, -0.2) is 33.5 Å². The molecule has 1 aromatic heterocycles. The van der Waals surface area contributed by atoms with E-state index in [2.05, 4.69) is 39.1 Å². The van der Waals surface area contributed by atoms with Crippen LogP contribution in [0.5, 0.6) is 5.75 Å². The van der Waals surface area contributed by atoms with Crippen molar-refractivity contribution in [3.8, 4) is 5.75 Å². The highest BCUT2D eigenvalue weighted by molar-refractivity contribution is 7.99. The van der Waals surface area contributed by atoms with E-state index in [1.54, 1.807) is 7.11 Å². The molecule has 2 aromatic carbocycles. The summed E-state index contributed by atoms with van der Waals surface area (Å²) in [4.78, 5) is 12.4. The molecule has 3 aromatic rings. The summed E-state index contributed by atoms with van der Waals surface area (Å²) in [5, 5.41) is 12.5. The zero-order chi connectivity index (χ0) is 22.2. The molecule has 0 fully saturated rings. The fraction of sp³-hybridized carbons (Fsp3) is 0.375. The summed E-state index contributed by atoms with van der Waals surface area (Å²) in [7, 11) is 1.68. The number of nitrogens with zero attached hydrogens (tertiary/aromatic N) is 3. The summed E-state index contributed by atoms with van der Waals surface area (Å²) in [6, 6.07) is 14.1. The average Bonchev–Trinajstić information content (AvgIpc) is 3.17. The molecule has 1 heterocycles. The quantitative estimate of drug-likeness (QED) is 0.459. The molecule has 0 aliphatic heterocycles. The lowest BCUT2D eigenvalue weighted by molar-refractivity contribution is -0.113. The summed E-state index contributed by atoms with van der Waals surface area (Å²) in [5.41, 5.74) is 4.40. The van der Waals surface area contributed by atoms with E-state index in [0.29, 0.717) is 5.75 Å². The van der Waals surface area contributed by atoms with Gasteiger partial charge in [0.15, 0.2) is 5.16 Å². The number of thioether (sulfide) groups is 1. The molecule has 0 aliphatic carbocycles. The Hall–Kier alpha value is -2.80. The molecule has 0 unspecified atom stereocenters. The van der Waals surface area contributed by atoms with E-state index >= 15 is 0 Å². The lowest BCUT2D eigenvalue weighted by Crippen LogP contribution is -2.15. The molecule has 0 spiro atoms. The Morgan fingerprint density at radius 1 is 1.10 bits per heavy atom. The Kier molecular flexibility index (Phi) is 8.12.